The summed E-state index contributed by atoms with van der Waals surface area (Å²) < 4.78 is 36.2. The van der Waals surface area contributed by atoms with Crippen molar-refractivity contribution in [3.8, 4) is 11.5 Å². The summed E-state index contributed by atoms with van der Waals surface area (Å²) in [7, 11) is 1.11. The van der Waals surface area contributed by atoms with Crippen LogP contribution in [0.4, 0.5) is 0 Å². The fourth-order valence-electron chi connectivity index (χ4n) is 2.68. The largest absolute Gasteiger partial charge is 0.493 e. The molecule has 0 fully saturated rings. The van der Waals surface area contributed by atoms with Gasteiger partial charge in [0.2, 0.25) is 15.9 Å². The third kappa shape index (κ3) is 5.97. The molecule has 0 aromatic heterocycles. The summed E-state index contributed by atoms with van der Waals surface area (Å²) in [5.41, 5.74) is 1.95. The van der Waals surface area contributed by atoms with Crippen molar-refractivity contribution in [2.75, 3.05) is 27.8 Å². The van der Waals surface area contributed by atoms with Crippen molar-refractivity contribution in [2.45, 2.75) is 24.2 Å². The van der Waals surface area contributed by atoms with E-state index in [1.807, 2.05) is 18.2 Å². The molecule has 2 aromatic carbocycles. The number of amides is 1. The van der Waals surface area contributed by atoms with E-state index in [9.17, 15) is 13.2 Å². The third-order valence-electron chi connectivity index (χ3n) is 4.33. The second-order valence-electron chi connectivity index (χ2n) is 6.14. The number of benzene rings is 2. The fourth-order valence-corrected chi connectivity index (χ4v) is 3.41. The van der Waals surface area contributed by atoms with Gasteiger partial charge in [0.15, 0.2) is 11.5 Å². The molecule has 0 heterocycles. The highest BCUT2D eigenvalue weighted by Crippen LogP contribution is 2.27. The van der Waals surface area contributed by atoms with Crippen molar-refractivity contribution in [3.63, 3.8) is 0 Å². The zero-order valence-corrected chi connectivity index (χ0v) is 17.1. The zero-order chi connectivity index (χ0) is 20.6. The predicted molar refractivity (Wildman–Crippen MR) is 107 cm³/mol. The average molecular weight is 407 g/mol. The molecule has 1 amide bonds. The Balaban J connectivity index is 1.79. The van der Waals surface area contributed by atoms with E-state index >= 15 is 0 Å². The summed E-state index contributed by atoms with van der Waals surface area (Å²) in [6, 6.07) is 12.2. The van der Waals surface area contributed by atoms with Gasteiger partial charge in [-0.1, -0.05) is 18.2 Å². The molecule has 0 radical (unpaired) electrons. The molecule has 2 rings (SSSR count). The number of nitrogens with one attached hydrogen (secondary N) is 2. The Morgan fingerprint density at radius 3 is 2.18 bits per heavy atom. The highest BCUT2D eigenvalue weighted by atomic mass is 32.2. The van der Waals surface area contributed by atoms with Crippen LogP contribution in [0.5, 0.6) is 11.5 Å². The van der Waals surface area contributed by atoms with Gasteiger partial charge >= 0.3 is 0 Å². The van der Waals surface area contributed by atoms with E-state index in [2.05, 4.69) is 10.0 Å². The van der Waals surface area contributed by atoms with Crippen LogP contribution in [-0.2, 0) is 27.7 Å². The second-order valence-corrected chi connectivity index (χ2v) is 8.03. The van der Waals surface area contributed by atoms with Crippen molar-refractivity contribution in [1.29, 1.82) is 0 Å². The molecule has 0 aliphatic heterocycles. The minimum absolute atomic E-state index is 0.0487. The number of ether oxygens (including phenoxy) is 2. The Morgan fingerprint density at radius 2 is 1.57 bits per heavy atom. The summed E-state index contributed by atoms with van der Waals surface area (Å²) in [6.45, 7) is 0.521. The standard InChI is InChI=1S/C20H26N2O5S/c1-21-28(24,25)17-8-4-15(5-9-17)7-11-20(23)22-13-12-16-6-10-18(26-2)19(14-16)27-3/h4-6,8-10,14,21H,7,11-13H2,1-3H3,(H,22,23). The maximum Gasteiger partial charge on any atom is 0.240 e. The lowest BCUT2D eigenvalue weighted by Gasteiger charge is -2.10. The Morgan fingerprint density at radius 1 is 0.929 bits per heavy atom. The number of hydrogen-bond donors (Lipinski definition) is 2. The molecule has 0 saturated heterocycles. The normalized spacial score (nSPS) is 11.1. The smallest absolute Gasteiger partial charge is 0.240 e. The lowest BCUT2D eigenvalue weighted by atomic mass is 10.1. The van der Waals surface area contributed by atoms with Gasteiger partial charge in [0.1, 0.15) is 0 Å². The molecular weight excluding hydrogens is 380 g/mol. The molecule has 0 unspecified atom stereocenters. The van der Waals surface area contributed by atoms with E-state index in [4.69, 9.17) is 9.47 Å². The van der Waals surface area contributed by atoms with Gasteiger partial charge in [0.05, 0.1) is 19.1 Å². The summed E-state index contributed by atoms with van der Waals surface area (Å²) in [4.78, 5) is 12.2. The van der Waals surface area contributed by atoms with Crippen molar-refractivity contribution in [1.82, 2.24) is 10.0 Å². The Labute approximate surface area is 166 Å². The van der Waals surface area contributed by atoms with Gasteiger partial charge in [-0.15, -0.1) is 0 Å². The molecule has 8 heteroatoms. The second kappa shape index (κ2) is 10.1. The lowest BCUT2D eigenvalue weighted by Crippen LogP contribution is -2.25. The first-order valence-electron chi connectivity index (χ1n) is 8.89. The number of methoxy groups -OCH3 is 2. The minimum atomic E-state index is -3.44. The molecule has 0 spiro atoms. The molecule has 0 atom stereocenters. The maximum atomic E-state index is 12.0. The summed E-state index contributed by atoms with van der Waals surface area (Å²) >= 11 is 0. The molecule has 2 aromatic rings. The SMILES string of the molecule is CNS(=O)(=O)c1ccc(CCC(=O)NCCc2ccc(OC)c(OC)c2)cc1. The number of sulfonamides is 1. The van der Waals surface area contributed by atoms with Gasteiger partial charge in [0.25, 0.3) is 0 Å². The summed E-state index contributed by atoms with van der Waals surface area (Å²) in [5.74, 6) is 1.28. The molecule has 0 aliphatic carbocycles. The van der Waals surface area contributed by atoms with E-state index in [-0.39, 0.29) is 10.8 Å². The summed E-state index contributed by atoms with van der Waals surface area (Å²) in [5, 5.41) is 2.90. The number of carbonyl (C=O) groups is 1. The van der Waals surface area contributed by atoms with Crippen LogP contribution in [0, 0.1) is 0 Å². The minimum Gasteiger partial charge on any atom is -0.493 e. The Kier molecular flexibility index (Phi) is 7.83. The Hall–Kier alpha value is -2.58. The third-order valence-corrected chi connectivity index (χ3v) is 5.76. The van der Waals surface area contributed by atoms with Crippen LogP contribution >= 0.6 is 0 Å². The van der Waals surface area contributed by atoms with Crippen LogP contribution in [0.15, 0.2) is 47.4 Å². The lowest BCUT2D eigenvalue weighted by molar-refractivity contribution is -0.121. The van der Waals surface area contributed by atoms with E-state index in [0.29, 0.717) is 37.3 Å². The monoisotopic (exact) mass is 406 g/mol. The highest BCUT2D eigenvalue weighted by Gasteiger charge is 2.11. The fraction of sp³-hybridized carbons (Fsp3) is 0.350. The van der Waals surface area contributed by atoms with Gasteiger partial charge in [-0.3, -0.25) is 4.79 Å². The van der Waals surface area contributed by atoms with E-state index in [1.54, 1.807) is 26.4 Å². The molecule has 0 saturated carbocycles. The van der Waals surface area contributed by atoms with Gasteiger partial charge in [-0.2, -0.15) is 0 Å². The number of rotatable bonds is 10. The molecular formula is C20H26N2O5S. The molecule has 0 aliphatic rings. The topological polar surface area (TPSA) is 93.7 Å². The molecule has 0 bridgehead atoms. The number of hydrogen-bond acceptors (Lipinski definition) is 5. The average Bonchev–Trinajstić information content (AvgIpc) is 2.72. The van der Waals surface area contributed by atoms with Crippen molar-refractivity contribution in [2.24, 2.45) is 0 Å². The number of carbonyl (C=O) groups excluding carboxylic acids is 1. The van der Waals surface area contributed by atoms with E-state index < -0.39 is 10.0 Å². The van der Waals surface area contributed by atoms with Crippen molar-refractivity contribution in [3.05, 3.63) is 53.6 Å². The first-order valence-corrected chi connectivity index (χ1v) is 10.4. The van der Waals surface area contributed by atoms with Gasteiger partial charge in [-0.25, -0.2) is 13.1 Å². The molecule has 152 valence electrons. The van der Waals surface area contributed by atoms with Crippen LogP contribution in [0.3, 0.4) is 0 Å². The maximum absolute atomic E-state index is 12.0. The van der Waals surface area contributed by atoms with Crippen LogP contribution in [0.25, 0.3) is 0 Å². The Bertz CT molecular complexity index is 895. The highest BCUT2D eigenvalue weighted by molar-refractivity contribution is 7.89. The van der Waals surface area contributed by atoms with Crippen molar-refractivity contribution < 1.29 is 22.7 Å². The van der Waals surface area contributed by atoms with Crippen LogP contribution in [0.2, 0.25) is 0 Å². The first kappa shape index (κ1) is 21.7. The van der Waals surface area contributed by atoms with Crippen LogP contribution in [-0.4, -0.2) is 42.1 Å². The van der Waals surface area contributed by atoms with Gasteiger partial charge < -0.3 is 14.8 Å². The van der Waals surface area contributed by atoms with Crippen LogP contribution < -0.4 is 19.5 Å². The number of aryl methyl sites for hydroxylation is 1. The molecule has 7 nitrogen and oxygen atoms in total. The quantitative estimate of drug-likeness (QED) is 0.629. The van der Waals surface area contributed by atoms with E-state index in [0.717, 1.165) is 11.1 Å². The van der Waals surface area contributed by atoms with Gasteiger partial charge in [0, 0.05) is 13.0 Å². The van der Waals surface area contributed by atoms with Crippen LogP contribution in [0.1, 0.15) is 17.5 Å². The molecule has 2 N–H and O–H groups in total. The van der Waals surface area contributed by atoms with Crippen molar-refractivity contribution >= 4 is 15.9 Å². The summed E-state index contributed by atoms with van der Waals surface area (Å²) in [6.07, 6.45) is 1.56. The van der Waals surface area contributed by atoms with E-state index in [1.165, 1.54) is 19.2 Å². The first-order chi connectivity index (χ1) is 13.4. The molecule has 28 heavy (non-hydrogen) atoms. The predicted octanol–water partition coefficient (Wildman–Crippen LogP) is 1.90. The zero-order valence-electron chi connectivity index (χ0n) is 16.3. The van der Waals surface area contributed by atoms with Gasteiger partial charge in [-0.05, 0) is 55.3 Å².